The molecular weight excluding hydrogens is 358 g/mol. The van der Waals surface area contributed by atoms with Crippen LogP contribution in [-0.4, -0.2) is 8.42 Å². The molecule has 0 aliphatic rings. The Morgan fingerprint density at radius 1 is 0.926 bits per heavy atom. The van der Waals surface area contributed by atoms with Gasteiger partial charge < -0.3 is 4.74 Å². The van der Waals surface area contributed by atoms with E-state index in [2.05, 4.69) is 0 Å². The molecule has 0 spiro atoms. The predicted octanol–water partition coefficient (Wildman–Crippen LogP) is 4.60. The van der Waals surface area contributed by atoms with Gasteiger partial charge in [-0.25, -0.2) is 8.42 Å². The Balaban J connectivity index is 1.84. The zero-order valence-corrected chi connectivity index (χ0v) is 15.3. The van der Waals surface area contributed by atoms with E-state index in [1.165, 1.54) is 18.2 Å². The van der Waals surface area contributed by atoms with E-state index in [4.69, 9.17) is 4.74 Å². The van der Waals surface area contributed by atoms with Gasteiger partial charge in [0.05, 0.1) is 4.90 Å². The van der Waals surface area contributed by atoms with Gasteiger partial charge in [-0.2, -0.15) is 5.26 Å². The quantitative estimate of drug-likeness (QED) is 0.590. The molecule has 27 heavy (non-hydrogen) atoms. The average molecular weight is 375 g/mol. The summed E-state index contributed by atoms with van der Waals surface area (Å²) in [6, 6.07) is 26.4. The van der Waals surface area contributed by atoms with Crippen LogP contribution < -0.4 is 4.74 Å². The van der Waals surface area contributed by atoms with Crippen LogP contribution in [0.2, 0.25) is 0 Å². The van der Waals surface area contributed by atoms with E-state index in [-0.39, 0.29) is 9.80 Å². The van der Waals surface area contributed by atoms with E-state index in [0.717, 1.165) is 5.56 Å². The standard InChI is InChI=1S/C22H17NO3S/c23-16-22(27(24,25)21-12-5-2-6-13-21)15-19-10-7-11-20(14-19)26-17-18-8-3-1-4-9-18/h1-15H,17H2. The Hall–Kier alpha value is -3.36. The molecule has 5 heteroatoms. The SMILES string of the molecule is N#CC(=Cc1cccc(OCc2ccccc2)c1)S(=O)(=O)c1ccccc1. The van der Waals surface area contributed by atoms with Crippen molar-refractivity contribution in [2.24, 2.45) is 0 Å². The van der Waals surface area contributed by atoms with Gasteiger partial charge in [0.25, 0.3) is 0 Å². The molecule has 0 N–H and O–H groups in total. The minimum atomic E-state index is -3.86. The normalized spacial score (nSPS) is 11.6. The van der Waals surface area contributed by atoms with Crippen LogP contribution in [0.15, 0.2) is 94.7 Å². The molecule has 0 saturated carbocycles. The summed E-state index contributed by atoms with van der Waals surface area (Å²) in [5.74, 6) is 0.599. The number of hydrogen-bond acceptors (Lipinski definition) is 4. The summed E-state index contributed by atoms with van der Waals surface area (Å²) in [5.41, 5.74) is 1.61. The van der Waals surface area contributed by atoms with Gasteiger partial charge in [-0.15, -0.1) is 0 Å². The van der Waals surface area contributed by atoms with E-state index >= 15 is 0 Å². The van der Waals surface area contributed by atoms with Crippen molar-refractivity contribution < 1.29 is 13.2 Å². The first-order valence-electron chi connectivity index (χ1n) is 8.28. The minimum absolute atomic E-state index is 0.0919. The Bertz CT molecular complexity index is 1080. The second kappa shape index (κ2) is 8.35. The lowest BCUT2D eigenvalue weighted by molar-refractivity contribution is 0.306. The first-order valence-corrected chi connectivity index (χ1v) is 9.76. The van der Waals surface area contributed by atoms with Crippen LogP contribution in [0.4, 0.5) is 0 Å². The van der Waals surface area contributed by atoms with E-state index in [1.54, 1.807) is 48.5 Å². The Labute approximate surface area is 158 Å². The van der Waals surface area contributed by atoms with E-state index in [1.807, 2.05) is 30.3 Å². The molecule has 0 aliphatic carbocycles. The molecule has 4 nitrogen and oxygen atoms in total. The van der Waals surface area contributed by atoms with E-state index < -0.39 is 9.84 Å². The summed E-state index contributed by atoms with van der Waals surface area (Å²) in [5, 5.41) is 9.38. The molecule has 0 aliphatic heterocycles. The van der Waals surface area contributed by atoms with Crippen molar-refractivity contribution in [3.63, 3.8) is 0 Å². The number of benzene rings is 3. The summed E-state index contributed by atoms with van der Waals surface area (Å²) in [7, 11) is -3.86. The Morgan fingerprint density at radius 3 is 2.26 bits per heavy atom. The number of ether oxygens (including phenoxy) is 1. The number of nitrogens with zero attached hydrogens (tertiary/aromatic N) is 1. The molecule has 0 amide bonds. The van der Waals surface area contributed by atoms with Crippen LogP contribution in [0.25, 0.3) is 6.08 Å². The molecule has 134 valence electrons. The fourth-order valence-electron chi connectivity index (χ4n) is 2.48. The summed E-state index contributed by atoms with van der Waals surface area (Å²) in [6.07, 6.45) is 1.36. The first-order chi connectivity index (χ1) is 13.1. The number of nitriles is 1. The topological polar surface area (TPSA) is 67.2 Å². The van der Waals surface area contributed by atoms with Crippen LogP contribution in [0.3, 0.4) is 0 Å². The van der Waals surface area contributed by atoms with E-state index in [9.17, 15) is 13.7 Å². The third kappa shape index (κ3) is 4.63. The molecule has 0 fully saturated rings. The van der Waals surface area contributed by atoms with Crippen LogP contribution in [0.1, 0.15) is 11.1 Å². The second-order valence-corrected chi connectivity index (χ2v) is 7.70. The molecular formula is C22H17NO3S. The molecule has 0 saturated heterocycles. The average Bonchev–Trinajstić information content (AvgIpc) is 2.72. The summed E-state index contributed by atoms with van der Waals surface area (Å²) in [4.78, 5) is -0.219. The monoisotopic (exact) mass is 375 g/mol. The number of rotatable bonds is 6. The third-order valence-electron chi connectivity index (χ3n) is 3.86. The van der Waals surface area contributed by atoms with Crippen LogP contribution in [0, 0.1) is 11.3 Å². The predicted molar refractivity (Wildman–Crippen MR) is 104 cm³/mol. The zero-order valence-electron chi connectivity index (χ0n) is 14.4. The Morgan fingerprint density at radius 2 is 1.59 bits per heavy atom. The molecule has 3 rings (SSSR count). The fourth-order valence-corrected chi connectivity index (χ4v) is 3.66. The molecule has 3 aromatic carbocycles. The zero-order chi connectivity index (χ0) is 19.1. The van der Waals surface area contributed by atoms with Crippen molar-refractivity contribution in [3.05, 3.63) is 101 Å². The van der Waals surface area contributed by atoms with Crippen LogP contribution >= 0.6 is 0 Å². The minimum Gasteiger partial charge on any atom is -0.489 e. The van der Waals surface area contributed by atoms with Gasteiger partial charge in [-0.1, -0.05) is 60.7 Å². The van der Waals surface area contributed by atoms with Crippen molar-refractivity contribution in [1.29, 1.82) is 5.26 Å². The highest BCUT2D eigenvalue weighted by Crippen LogP contribution is 2.23. The maximum atomic E-state index is 12.6. The van der Waals surface area contributed by atoms with Gasteiger partial charge in [-0.3, -0.25) is 0 Å². The highest BCUT2D eigenvalue weighted by atomic mass is 32.2. The highest BCUT2D eigenvalue weighted by molar-refractivity contribution is 7.95. The van der Waals surface area contributed by atoms with Gasteiger partial charge >= 0.3 is 0 Å². The number of hydrogen-bond donors (Lipinski definition) is 0. The number of allylic oxidation sites excluding steroid dienone is 1. The van der Waals surface area contributed by atoms with Gasteiger partial charge in [0.15, 0.2) is 0 Å². The molecule has 0 radical (unpaired) electrons. The molecule has 0 unspecified atom stereocenters. The summed E-state index contributed by atoms with van der Waals surface area (Å²) >= 11 is 0. The van der Waals surface area contributed by atoms with Gasteiger partial charge in [0.2, 0.25) is 9.84 Å². The molecule has 0 aromatic heterocycles. The van der Waals surface area contributed by atoms with Crippen LogP contribution in [0.5, 0.6) is 5.75 Å². The first kappa shape index (κ1) is 18.4. The molecule has 3 aromatic rings. The molecule has 0 bridgehead atoms. The fraction of sp³-hybridized carbons (Fsp3) is 0.0455. The largest absolute Gasteiger partial charge is 0.489 e. The van der Waals surface area contributed by atoms with Gasteiger partial charge in [0.1, 0.15) is 23.3 Å². The van der Waals surface area contributed by atoms with Crippen molar-refractivity contribution in [2.75, 3.05) is 0 Å². The summed E-state index contributed by atoms with van der Waals surface area (Å²) in [6.45, 7) is 0.404. The smallest absolute Gasteiger partial charge is 0.216 e. The summed E-state index contributed by atoms with van der Waals surface area (Å²) < 4.78 is 31.0. The third-order valence-corrected chi connectivity index (χ3v) is 5.54. The second-order valence-electron chi connectivity index (χ2n) is 5.78. The Kier molecular flexibility index (Phi) is 5.70. The molecule has 0 heterocycles. The lowest BCUT2D eigenvalue weighted by atomic mass is 10.2. The number of sulfone groups is 1. The lowest BCUT2D eigenvalue weighted by Crippen LogP contribution is -2.03. The molecule has 0 atom stereocenters. The highest BCUT2D eigenvalue weighted by Gasteiger charge is 2.20. The van der Waals surface area contributed by atoms with Gasteiger partial charge in [0, 0.05) is 0 Å². The van der Waals surface area contributed by atoms with Crippen molar-refractivity contribution in [3.8, 4) is 11.8 Å². The maximum Gasteiger partial charge on any atom is 0.216 e. The maximum absolute atomic E-state index is 12.6. The van der Waals surface area contributed by atoms with Crippen molar-refractivity contribution >= 4 is 15.9 Å². The van der Waals surface area contributed by atoms with Crippen LogP contribution in [-0.2, 0) is 16.4 Å². The van der Waals surface area contributed by atoms with Gasteiger partial charge in [-0.05, 0) is 41.5 Å². The van der Waals surface area contributed by atoms with Crippen molar-refractivity contribution in [2.45, 2.75) is 11.5 Å². The van der Waals surface area contributed by atoms with E-state index in [0.29, 0.717) is 17.9 Å². The van der Waals surface area contributed by atoms with Crippen molar-refractivity contribution in [1.82, 2.24) is 0 Å². The lowest BCUT2D eigenvalue weighted by Gasteiger charge is -2.07.